The molecule has 1 fully saturated rings. The van der Waals surface area contributed by atoms with Crippen molar-refractivity contribution in [3.05, 3.63) is 40.9 Å². The van der Waals surface area contributed by atoms with Crippen molar-refractivity contribution >= 4 is 23.1 Å². The molecule has 0 aliphatic carbocycles. The lowest BCUT2D eigenvalue weighted by molar-refractivity contribution is -0.129. The summed E-state index contributed by atoms with van der Waals surface area (Å²) in [6.07, 6.45) is -3.63. The fourth-order valence-electron chi connectivity index (χ4n) is 2.33. The average Bonchev–Trinajstić information content (AvgIpc) is 2.44. The van der Waals surface area contributed by atoms with Crippen molar-refractivity contribution < 1.29 is 23.1 Å². The van der Waals surface area contributed by atoms with E-state index in [9.17, 15) is 23.1 Å². The van der Waals surface area contributed by atoms with E-state index in [0.29, 0.717) is 30.5 Å². The van der Waals surface area contributed by atoms with Crippen LogP contribution in [0.5, 0.6) is 0 Å². The topological polar surface area (TPSA) is 40.5 Å². The molecule has 120 valence electrons. The Morgan fingerprint density at radius 2 is 1.95 bits per heavy atom. The van der Waals surface area contributed by atoms with E-state index in [2.05, 4.69) is 0 Å². The number of rotatable bonds is 2. The van der Waals surface area contributed by atoms with Gasteiger partial charge in [-0.15, -0.1) is 0 Å². The van der Waals surface area contributed by atoms with Crippen LogP contribution in [0.25, 0.3) is 5.57 Å². The number of carbonyl (C=O) groups excluding carboxylic acids is 1. The molecule has 1 aromatic rings. The maximum absolute atomic E-state index is 13.2. The van der Waals surface area contributed by atoms with E-state index >= 15 is 0 Å². The molecule has 1 unspecified atom stereocenters. The van der Waals surface area contributed by atoms with E-state index < -0.39 is 23.8 Å². The van der Waals surface area contributed by atoms with Crippen molar-refractivity contribution in [2.24, 2.45) is 0 Å². The lowest BCUT2D eigenvalue weighted by Gasteiger charge is -2.29. The molecule has 3 nitrogen and oxygen atoms in total. The number of carbonyl (C=O) groups is 1. The molecule has 2 rings (SSSR count). The molecule has 7 heteroatoms. The highest BCUT2D eigenvalue weighted by atomic mass is 35.5. The van der Waals surface area contributed by atoms with Crippen LogP contribution in [-0.4, -0.2) is 41.3 Å². The summed E-state index contributed by atoms with van der Waals surface area (Å²) in [7, 11) is 0. The van der Waals surface area contributed by atoms with Crippen LogP contribution in [0.15, 0.2) is 30.3 Å². The molecule has 0 spiro atoms. The number of halogens is 4. The molecular formula is C15H15ClF3NO2. The summed E-state index contributed by atoms with van der Waals surface area (Å²) in [5.74, 6) is -0.749. The molecular weight excluding hydrogens is 319 g/mol. The Morgan fingerprint density at radius 1 is 1.32 bits per heavy atom. The Hall–Kier alpha value is -1.53. The molecule has 1 aromatic carbocycles. The molecule has 0 aromatic heterocycles. The summed E-state index contributed by atoms with van der Waals surface area (Å²) in [6, 6.07) is 5.12. The van der Waals surface area contributed by atoms with Gasteiger partial charge in [0, 0.05) is 24.2 Å². The first-order chi connectivity index (χ1) is 10.3. The Labute approximate surface area is 131 Å². The van der Waals surface area contributed by atoms with Crippen LogP contribution < -0.4 is 0 Å². The van der Waals surface area contributed by atoms with Gasteiger partial charge in [-0.25, -0.2) is 0 Å². The molecule has 0 radical (unpaired) electrons. The average molecular weight is 334 g/mol. The van der Waals surface area contributed by atoms with Gasteiger partial charge < -0.3 is 10.0 Å². The van der Waals surface area contributed by atoms with E-state index in [-0.39, 0.29) is 12.1 Å². The van der Waals surface area contributed by atoms with Crippen molar-refractivity contribution in [1.29, 1.82) is 0 Å². The van der Waals surface area contributed by atoms with Crippen molar-refractivity contribution in [3.63, 3.8) is 0 Å². The first-order valence-electron chi connectivity index (χ1n) is 6.79. The predicted octanol–water partition coefficient (Wildman–Crippen LogP) is 3.27. The molecule has 0 bridgehead atoms. The number of hydrogen-bond acceptors (Lipinski definition) is 2. The standard InChI is InChI=1S/C15H15ClF3NO2/c16-11-5-3-10(4-6-11)13(15(17,18)19)8-14(22)20-7-1-2-12(21)9-20/h3-6,8,12,21H,1-2,7,9H2/b13-8-. The van der Waals surface area contributed by atoms with Gasteiger partial charge in [-0.2, -0.15) is 13.2 Å². The fourth-order valence-corrected chi connectivity index (χ4v) is 2.45. The summed E-state index contributed by atoms with van der Waals surface area (Å²) in [5, 5.41) is 9.83. The van der Waals surface area contributed by atoms with Gasteiger partial charge in [0.15, 0.2) is 0 Å². The van der Waals surface area contributed by atoms with Crippen molar-refractivity contribution in [2.45, 2.75) is 25.1 Å². The number of aliphatic hydroxyl groups is 1. The molecule has 1 saturated heterocycles. The minimum Gasteiger partial charge on any atom is -0.391 e. The van der Waals surface area contributed by atoms with Gasteiger partial charge in [-0.1, -0.05) is 23.7 Å². The zero-order chi connectivity index (χ0) is 16.3. The van der Waals surface area contributed by atoms with Gasteiger partial charge in [0.05, 0.1) is 11.7 Å². The smallest absolute Gasteiger partial charge is 0.391 e. The van der Waals surface area contributed by atoms with Gasteiger partial charge in [0.2, 0.25) is 5.91 Å². The number of piperidine rings is 1. The molecule has 22 heavy (non-hydrogen) atoms. The van der Waals surface area contributed by atoms with Gasteiger partial charge in [0.1, 0.15) is 0 Å². The number of amides is 1. The third-order valence-corrected chi connectivity index (χ3v) is 3.69. The number of allylic oxidation sites excluding steroid dienone is 1. The Bertz CT molecular complexity index is 569. The van der Waals surface area contributed by atoms with Crippen LogP contribution in [0, 0.1) is 0 Å². The Kier molecular flexibility index (Phi) is 5.13. The number of aliphatic hydroxyl groups excluding tert-OH is 1. The molecule has 1 heterocycles. The van der Waals surface area contributed by atoms with E-state index in [0.717, 1.165) is 0 Å². The highest BCUT2D eigenvalue weighted by Gasteiger charge is 2.36. The van der Waals surface area contributed by atoms with E-state index in [1.54, 1.807) is 0 Å². The van der Waals surface area contributed by atoms with Crippen LogP contribution >= 0.6 is 11.6 Å². The lowest BCUT2D eigenvalue weighted by Crippen LogP contribution is -2.41. The maximum atomic E-state index is 13.2. The minimum absolute atomic E-state index is 0.0566. The minimum atomic E-state index is -4.65. The zero-order valence-corrected chi connectivity index (χ0v) is 12.4. The van der Waals surface area contributed by atoms with Gasteiger partial charge in [0.25, 0.3) is 0 Å². The first kappa shape index (κ1) is 16.8. The van der Waals surface area contributed by atoms with E-state index in [1.807, 2.05) is 0 Å². The van der Waals surface area contributed by atoms with Crippen LogP contribution in [-0.2, 0) is 4.79 Å². The van der Waals surface area contributed by atoms with Crippen LogP contribution in [0.3, 0.4) is 0 Å². The zero-order valence-electron chi connectivity index (χ0n) is 11.6. The van der Waals surface area contributed by atoms with Crippen molar-refractivity contribution in [1.82, 2.24) is 4.90 Å². The van der Waals surface area contributed by atoms with Gasteiger partial charge in [-0.3, -0.25) is 4.79 Å². The summed E-state index contributed by atoms with van der Waals surface area (Å²) in [6.45, 7) is 0.402. The number of β-amino-alcohol motifs (C(OH)–C–C–N with tert-alkyl or cyclic N) is 1. The summed E-state index contributed by atoms with van der Waals surface area (Å²) < 4.78 is 39.6. The Morgan fingerprint density at radius 3 is 2.50 bits per heavy atom. The SMILES string of the molecule is O=C(/C=C(/c1ccc(Cl)cc1)C(F)(F)F)N1CCCC(O)C1. The molecule has 1 aliphatic rings. The normalized spacial score (nSPS) is 20.1. The Balaban J connectivity index is 2.29. The maximum Gasteiger partial charge on any atom is 0.417 e. The van der Waals surface area contributed by atoms with Gasteiger partial charge in [-0.05, 0) is 30.5 Å². The second-order valence-electron chi connectivity index (χ2n) is 5.14. The predicted molar refractivity (Wildman–Crippen MR) is 77.3 cm³/mol. The van der Waals surface area contributed by atoms with Gasteiger partial charge >= 0.3 is 6.18 Å². The number of benzene rings is 1. The second-order valence-corrected chi connectivity index (χ2v) is 5.58. The number of alkyl halides is 3. The number of hydrogen-bond donors (Lipinski definition) is 1. The monoisotopic (exact) mass is 333 g/mol. The summed E-state index contributed by atoms with van der Waals surface area (Å²) >= 11 is 5.67. The third kappa shape index (κ3) is 4.24. The lowest BCUT2D eigenvalue weighted by atomic mass is 10.0. The van der Waals surface area contributed by atoms with Crippen LogP contribution in [0.1, 0.15) is 18.4 Å². The molecule has 1 N–H and O–H groups in total. The van der Waals surface area contributed by atoms with E-state index in [4.69, 9.17) is 11.6 Å². The van der Waals surface area contributed by atoms with Crippen molar-refractivity contribution in [2.75, 3.05) is 13.1 Å². The largest absolute Gasteiger partial charge is 0.417 e. The molecule has 1 aliphatic heterocycles. The molecule has 1 atom stereocenters. The van der Waals surface area contributed by atoms with E-state index in [1.165, 1.54) is 29.2 Å². The highest BCUT2D eigenvalue weighted by Crippen LogP contribution is 2.34. The highest BCUT2D eigenvalue weighted by molar-refractivity contribution is 6.30. The van der Waals surface area contributed by atoms with Crippen LogP contribution in [0.4, 0.5) is 13.2 Å². The summed E-state index contributed by atoms with van der Waals surface area (Å²) in [4.78, 5) is 13.3. The molecule has 1 amide bonds. The summed E-state index contributed by atoms with van der Waals surface area (Å²) in [5.41, 5.74) is -1.14. The number of likely N-dealkylation sites (tertiary alicyclic amines) is 1. The quantitative estimate of drug-likeness (QED) is 0.844. The van der Waals surface area contributed by atoms with Crippen molar-refractivity contribution in [3.8, 4) is 0 Å². The van der Waals surface area contributed by atoms with Crippen LogP contribution in [0.2, 0.25) is 5.02 Å². The number of nitrogens with zero attached hydrogens (tertiary/aromatic N) is 1. The fraction of sp³-hybridized carbons (Fsp3) is 0.400. The third-order valence-electron chi connectivity index (χ3n) is 3.44. The second kappa shape index (κ2) is 6.71. The molecule has 0 saturated carbocycles. The first-order valence-corrected chi connectivity index (χ1v) is 7.17.